The van der Waals surface area contributed by atoms with Crippen LogP contribution in [0.25, 0.3) is 11.4 Å². The van der Waals surface area contributed by atoms with Crippen molar-refractivity contribution < 1.29 is 23.9 Å². The predicted molar refractivity (Wildman–Crippen MR) is 111 cm³/mol. The van der Waals surface area contributed by atoms with E-state index in [4.69, 9.17) is 19.1 Å². The van der Waals surface area contributed by atoms with Gasteiger partial charge >= 0.3 is 5.97 Å². The van der Waals surface area contributed by atoms with E-state index in [9.17, 15) is 4.79 Å². The second kappa shape index (κ2) is 9.67. The number of carbonyl (C=O) groups is 1. The number of rotatable bonds is 9. The molecule has 3 heterocycles. The van der Waals surface area contributed by atoms with Gasteiger partial charge in [-0.3, -0.25) is 4.90 Å². The van der Waals surface area contributed by atoms with Crippen molar-refractivity contribution in [3.05, 3.63) is 59.6 Å². The van der Waals surface area contributed by atoms with Crippen LogP contribution in [0.15, 0.2) is 47.1 Å². The quantitative estimate of drug-likeness (QED) is 0.518. The number of likely N-dealkylation sites (tertiary alicyclic amines) is 1. The van der Waals surface area contributed by atoms with Gasteiger partial charge in [-0.2, -0.15) is 4.98 Å². The molecule has 31 heavy (non-hydrogen) atoms. The van der Waals surface area contributed by atoms with Crippen molar-refractivity contribution in [1.29, 1.82) is 0 Å². The molecule has 1 N–H and O–H groups in total. The minimum atomic E-state index is -0.924. The van der Waals surface area contributed by atoms with E-state index in [1.165, 1.54) is 0 Å². The molecule has 1 aliphatic heterocycles. The molecular formula is C22H24N4O5. The van der Waals surface area contributed by atoms with Crippen LogP contribution in [-0.2, 0) is 11.3 Å². The van der Waals surface area contributed by atoms with Crippen molar-refractivity contribution in [1.82, 2.24) is 20.0 Å². The Morgan fingerprint density at radius 1 is 1.26 bits per heavy atom. The number of ether oxygens (including phenoxy) is 2. The number of aromatic nitrogens is 3. The van der Waals surface area contributed by atoms with E-state index in [1.54, 1.807) is 31.5 Å². The summed E-state index contributed by atoms with van der Waals surface area (Å²) in [6.07, 6.45) is 3.61. The standard InChI is InChI=1S/C22H24N4O5/c1-29-11-12-30-19-13-17(8-9-23-19)20-24-21(31-25-20)18-3-2-10-26(18)14-15-4-6-16(7-5-15)22(27)28/h4-9,13,18H,2-3,10-12,14H2,1H3,(H,27,28)/t18-/m0/s1. The molecule has 4 rings (SSSR count). The van der Waals surface area contributed by atoms with Crippen molar-refractivity contribution >= 4 is 5.97 Å². The van der Waals surface area contributed by atoms with Crippen molar-refractivity contribution in [3.8, 4) is 17.3 Å². The minimum absolute atomic E-state index is 0.0275. The van der Waals surface area contributed by atoms with Crippen LogP contribution in [0.4, 0.5) is 0 Å². The van der Waals surface area contributed by atoms with E-state index in [-0.39, 0.29) is 11.6 Å². The van der Waals surface area contributed by atoms with Crippen molar-refractivity contribution in [3.63, 3.8) is 0 Å². The van der Waals surface area contributed by atoms with E-state index in [1.807, 2.05) is 18.2 Å². The molecule has 0 aliphatic carbocycles. The van der Waals surface area contributed by atoms with Gasteiger partial charge < -0.3 is 19.1 Å². The summed E-state index contributed by atoms with van der Waals surface area (Å²) < 4.78 is 16.1. The zero-order chi connectivity index (χ0) is 21.6. The van der Waals surface area contributed by atoms with Gasteiger partial charge in [-0.05, 0) is 43.1 Å². The number of benzene rings is 1. The Balaban J connectivity index is 1.45. The highest BCUT2D eigenvalue weighted by molar-refractivity contribution is 5.87. The monoisotopic (exact) mass is 424 g/mol. The van der Waals surface area contributed by atoms with E-state index < -0.39 is 5.97 Å². The average molecular weight is 424 g/mol. The third-order valence-corrected chi connectivity index (χ3v) is 5.21. The molecule has 1 saturated heterocycles. The molecule has 1 fully saturated rings. The normalized spacial score (nSPS) is 16.5. The predicted octanol–water partition coefficient (Wildman–Crippen LogP) is 3.19. The van der Waals surface area contributed by atoms with Gasteiger partial charge in [-0.25, -0.2) is 9.78 Å². The number of carboxylic acid groups (broad SMARTS) is 1. The minimum Gasteiger partial charge on any atom is -0.478 e. The number of pyridine rings is 1. The maximum absolute atomic E-state index is 11.0. The van der Waals surface area contributed by atoms with Gasteiger partial charge in [0.05, 0.1) is 18.2 Å². The Morgan fingerprint density at radius 2 is 2.10 bits per heavy atom. The smallest absolute Gasteiger partial charge is 0.335 e. The van der Waals surface area contributed by atoms with Gasteiger partial charge in [0.2, 0.25) is 17.6 Å². The van der Waals surface area contributed by atoms with Crippen LogP contribution in [0.2, 0.25) is 0 Å². The maximum atomic E-state index is 11.0. The number of nitrogens with zero attached hydrogens (tertiary/aromatic N) is 4. The molecule has 9 nitrogen and oxygen atoms in total. The van der Waals surface area contributed by atoms with E-state index in [0.717, 1.165) is 30.5 Å². The highest BCUT2D eigenvalue weighted by atomic mass is 16.5. The Kier molecular flexibility index (Phi) is 6.54. The Hall–Kier alpha value is -3.30. The molecule has 0 saturated carbocycles. The van der Waals surface area contributed by atoms with Crippen molar-refractivity contribution in [2.75, 3.05) is 26.9 Å². The highest BCUT2D eigenvalue weighted by Gasteiger charge is 2.31. The van der Waals surface area contributed by atoms with Crippen LogP contribution in [0, 0.1) is 0 Å². The molecule has 0 bridgehead atoms. The molecule has 0 amide bonds. The Bertz CT molecular complexity index is 1020. The Morgan fingerprint density at radius 3 is 2.87 bits per heavy atom. The third-order valence-electron chi connectivity index (χ3n) is 5.21. The lowest BCUT2D eigenvalue weighted by atomic mass is 10.1. The van der Waals surface area contributed by atoms with E-state index in [2.05, 4.69) is 20.0 Å². The third kappa shape index (κ3) is 5.07. The first-order valence-electron chi connectivity index (χ1n) is 10.1. The van der Waals surface area contributed by atoms with Crippen molar-refractivity contribution in [2.45, 2.75) is 25.4 Å². The number of hydrogen-bond donors (Lipinski definition) is 1. The number of methoxy groups -OCH3 is 1. The first kappa shape index (κ1) is 21.0. The molecule has 2 aromatic heterocycles. The van der Waals surface area contributed by atoms with Gasteiger partial charge in [0.15, 0.2) is 0 Å². The summed E-state index contributed by atoms with van der Waals surface area (Å²) in [6, 6.07) is 10.6. The van der Waals surface area contributed by atoms with Crippen LogP contribution in [-0.4, -0.2) is 58.0 Å². The van der Waals surface area contributed by atoms with Gasteiger partial charge in [-0.15, -0.1) is 0 Å². The van der Waals surface area contributed by atoms with Gasteiger partial charge in [0.1, 0.15) is 6.61 Å². The van der Waals surface area contributed by atoms with Crippen LogP contribution < -0.4 is 4.74 Å². The molecule has 0 unspecified atom stereocenters. The second-order valence-corrected chi connectivity index (χ2v) is 7.31. The second-order valence-electron chi connectivity index (χ2n) is 7.31. The van der Waals surface area contributed by atoms with Crippen molar-refractivity contribution in [2.24, 2.45) is 0 Å². The zero-order valence-corrected chi connectivity index (χ0v) is 17.2. The summed E-state index contributed by atoms with van der Waals surface area (Å²) in [4.78, 5) is 22.1. The molecule has 3 aromatic rings. The number of hydrogen-bond acceptors (Lipinski definition) is 8. The van der Waals surface area contributed by atoms with Crippen LogP contribution in [0.3, 0.4) is 0 Å². The fourth-order valence-corrected chi connectivity index (χ4v) is 3.63. The fourth-order valence-electron chi connectivity index (χ4n) is 3.63. The van der Waals surface area contributed by atoms with Gasteiger partial charge in [0, 0.05) is 31.5 Å². The molecule has 0 spiro atoms. The van der Waals surface area contributed by atoms with Crippen LogP contribution in [0.5, 0.6) is 5.88 Å². The number of aromatic carboxylic acids is 1. The molecule has 9 heteroatoms. The van der Waals surface area contributed by atoms with Gasteiger partial charge in [-0.1, -0.05) is 17.3 Å². The Labute approximate surface area is 179 Å². The lowest BCUT2D eigenvalue weighted by Gasteiger charge is -2.21. The first-order valence-corrected chi connectivity index (χ1v) is 10.1. The number of carboxylic acids is 1. The lowest BCUT2D eigenvalue weighted by molar-refractivity contribution is 0.0697. The maximum Gasteiger partial charge on any atom is 0.335 e. The molecule has 0 radical (unpaired) electrons. The highest BCUT2D eigenvalue weighted by Crippen LogP contribution is 2.33. The molecule has 162 valence electrons. The van der Waals surface area contributed by atoms with Gasteiger partial charge in [0.25, 0.3) is 0 Å². The molecule has 1 aromatic carbocycles. The summed E-state index contributed by atoms with van der Waals surface area (Å²) in [7, 11) is 1.62. The summed E-state index contributed by atoms with van der Waals surface area (Å²) in [5.74, 6) is 0.625. The lowest BCUT2D eigenvalue weighted by Crippen LogP contribution is -2.23. The molecule has 1 atom stereocenters. The largest absolute Gasteiger partial charge is 0.478 e. The summed E-state index contributed by atoms with van der Waals surface area (Å²) in [5.41, 5.74) is 2.10. The average Bonchev–Trinajstić information content (AvgIpc) is 3.44. The fraction of sp³-hybridized carbons (Fsp3) is 0.364. The van der Waals surface area contributed by atoms with E-state index >= 15 is 0 Å². The van der Waals surface area contributed by atoms with Crippen LogP contribution >= 0.6 is 0 Å². The SMILES string of the molecule is COCCOc1cc(-c2noc([C@@H]3CCCN3Cc3ccc(C(=O)O)cc3)n2)ccn1. The zero-order valence-electron chi connectivity index (χ0n) is 17.2. The summed E-state index contributed by atoms with van der Waals surface area (Å²) in [5, 5.41) is 13.2. The topological polar surface area (TPSA) is 111 Å². The van der Waals surface area contributed by atoms with E-state index in [0.29, 0.717) is 37.4 Å². The summed E-state index contributed by atoms with van der Waals surface area (Å²) >= 11 is 0. The van der Waals surface area contributed by atoms with Crippen LogP contribution in [0.1, 0.15) is 40.7 Å². The molecular weight excluding hydrogens is 400 g/mol. The first-order chi connectivity index (χ1) is 15.1. The molecule has 1 aliphatic rings. The summed E-state index contributed by atoms with van der Waals surface area (Å²) in [6.45, 7) is 2.49.